The Bertz CT molecular complexity index is 354. The van der Waals surface area contributed by atoms with Crippen LogP contribution in [0.3, 0.4) is 0 Å². The second kappa shape index (κ2) is 4.37. The van der Waals surface area contributed by atoms with E-state index in [0.29, 0.717) is 5.69 Å². The van der Waals surface area contributed by atoms with Gasteiger partial charge in [0.15, 0.2) is 6.10 Å². The molecule has 0 saturated heterocycles. The number of hydrogen-bond donors (Lipinski definition) is 1. The second-order valence-corrected chi connectivity index (χ2v) is 3.52. The summed E-state index contributed by atoms with van der Waals surface area (Å²) in [5.74, 6) is 0. The third-order valence-electron chi connectivity index (χ3n) is 1.86. The normalized spacial score (nSPS) is 14.0. The number of rotatable bonds is 2. The lowest BCUT2D eigenvalue weighted by Crippen LogP contribution is -2.30. The third kappa shape index (κ3) is 3.35. The maximum Gasteiger partial charge on any atom is 0.414 e. The Morgan fingerprint density at radius 3 is 2.53 bits per heavy atom. The molecule has 1 aromatic rings. The van der Waals surface area contributed by atoms with Crippen LogP contribution in [0.15, 0.2) is 12.1 Å². The zero-order valence-corrected chi connectivity index (χ0v) is 8.60. The Kier molecular flexibility index (Phi) is 3.57. The minimum atomic E-state index is -4.63. The largest absolute Gasteiger partial charge is 0.414 e. The van der Waals surface area contributed by atoms with E-state index in [2.05, 4.69) is 4.98 Å². The fourth-order valence-electron chi connectivity index (χ4n) is 1.03. The van der Waals surface area contributed by atoms with Crippen LogP contribution in [0.2, 0.25) is 5.15 Å². The van der Waals surface area contributed by atoms with Crippen molar-refractivity contribution in [2.24, 2.45) is 0 Å². The van der Waals surface area contributed by atoms with Gasteiger partial charge >= 0.3 is 6.18 Å². The van der Waals surface area contributed by atoms with Crippen LogP contribution in [0, 0.1) is 6.92 Å². The Morgan fingerprint density at radius 2 is 2.07 bits per heavy atom. The van der Waals surface area contributed by atoms with Crippen molar-refractivity contribution in [3.05, 3.63) is 28.5 Å². The fraction of sp³-hybridized carbons (Fsp3) is 0.444. The van der Waals surface area contributed by atoms with E-state index in [1.54, 1.807) is 13.0 Å². The maximum atomic E-state index is 12.0. The predicted octanol–water partition coefficient (Wildman–Crippen LogP) is 2.51. The summed E-state index contributed by atoms with van der Waals surface area (Å²) in [6.45, 7) is 1.68. The summed E-state index contributed by atoms with van der Waals surface area (Å²) in [7, 11) is 0. The molecule has 0 saturated carbocycles. The molecule has 0 aliphatic heterocycles. The molecule has 1 heterocycles. The van der Waals surface area contributed by atoms with Crippen LogP contribution in [0.1, 0.15) is 11.3 Å². The molecule has 1 N–H and O–H groups in total. The summed E-state index contributed by atoms with van der Waals surface area (Å²) in [6, 6.07) is 2.98. The molecule has 1 aromatic heterocycles. The van der Waals surface area contributed by atoms with Gasteiger partial charge in [-0.15, -0.1) is 0 Å². The monoisotopic (exact) mass is 239 g/mol. The molecule has 0 aliphatic carbocycles. The first kappa shape index (κ1) is 12.3. The number of halogens is 4. The van der Waals surface area contributed by atoms with Gasteiger partial charge < -0.3 is 5.11 Å². The first-order valence-electron chi connectivity index (χ1n) is 4.17. The van der Waals surface area contributed by atoms with Crippen LogP contribution in [0.25, 0.3) is 0 Å². The molecule has 6 heteroatoms. The molecule has 84 valence electrons. The molecule has 2 nitrogen and oxygen atoms in total. The third-order valence-corrected chi connectivity index (χ3v) is 2.18. The SMILES string of the molecule is Cc1ccc(CC(O)C(F)(F)F)c(Cl)n1. The van der Waals surface area contributed by atoms with Crippen LogP contribution < -0.4 is 0 Å². The van der Waals surface area contributed by atoms with Crippen molar-refractivity contribution in [2.75, 3.05) is 0 Å². The summed E-state index contributed by atoms with van der Waals surface area (Å²) < 4.78 is 36.1. The average molecular weight is 240 g/mol. The number of aromatic nitrogens is 1. The van der Waals surface area contributed by atoms with Crippen molar-refractivity contribution in [1.82, 2.24) is 4.98 Å². The van der Waals surface area contributed by atoms with Gasteiger partial charge in [0.1, 0.15) is 5.15 Å². The van der Waals surface area contributed by atoms with E-state index in [0.717, 1.165) is 0 Å². The van der Waals surface area contributed by atoms with Gasteiger partial charge in [0, 0.05) is 12.1 Å². The fourth-order valence-corrected chi connectivity index (χ4v) is 1.30. The highest BCUT2D eigenvalue weighted by atomic mass is 35.5. The molecular formula is C9H9ClF3NO. The lowest BCUT2D eigenvalue weighted by atomic mass is 10.1. The van der Waals surface area contributed by atoms with E-state index in [4.69, 9.17) is 16.7 Å². The summed E-state index contributed by atoms with van der Waals surface area (Å²) in [4.78, 5) is 3.80. The van der Waals surface area contributed by atoms with Crippen molar-refractivity contribution in [3.63, 3.8) is 0 Å². The van der Waals surface area contributed by atoms with Crippen LogP contribution in [0.4, 0.5) is 13.2 Å². The molecule has 0 aliphatic rings. The number of aryl methyl sites for hydroxylation is 1. The van der Waals surface area contributed by atoms with Crippen molar-refractivity contribution in [1.29, 1.82) is 0 Å². The first-order valence-corrected chi connectivity index (χ1v) is 4.55. The molecule has 1 atom stereocenters. The van der Waals surface area contributed by atoms with E-state index in [9.17, 15) is 13.2 Å². The molecule has 0 spiro atoms. The topological polar surface area (TPSA) is 33.1 Å². The van der Waals surface area contributed by atoms with Crippen LogP contribution >= 0.6 is 11.6 Å². The molecule has 1 rings (SSSR count). The molecule has 0 amide bonds. The van der Waals surface area contributed by atoms with Gasteiger partial charge in [0.2, 0.25) is 0 Å². The van der Waals surface area contributed by atoms with Crippen LogP contribution in [-0.4, -0.2) is 22.4 Å². The zero-order chi connectivity index (χ0) is 11.6. The maximum absolute atomic E-state index is 12.0. The quantitative estimate of drug-likeness (QED) is 0.805. The highest BCUT2D eigenvalue weighted by Crippen LogP contribution is 2.25. The Morgan fingerprint density at radius 1 is 1.47 bits per heavy atom. The standard InChI is InChI=1S/C9H9ClF3NO/c1-5-2-3-6(8(10)14-5)4-7(15)9(11,12)13/h2-3,7,15H,4H2,1H3. The number of hydrogen-bond acceptors (Lipinski definition) is 2. The lowest BCUT2D eigenvalue weighted by molar-refractivity contribution is -0.203. The summed E-state index contributed by atoms with van der Waals surface area (Å²) in [5.41, 5.74) is 0.803. The summed E-state index contributed by atoms with van der Waals surface area (Å²) >= 11 is 5.63. The summed E-state index contributed by atoms with van der Waals surface area (Å²) in [5, 5.41) is 8.82. The highest BCUT2D eigenvalue weighted by Gasteiger charge is 2.38. The molecule has 0 aromatic carbocycles. The predicted molar refractivity (Wildman–Crippen MR) is 49.7 cm³/mol. The van der Waals surface area contributed by atoms with E-state index < -0.39 is 18.7 Å². The highest BCUT2D eigenvalue weighted by molar-refractivity contribution is 6.30. The molecule has 15 heavy (non-hydrogen) atoms. The van der Waals surface area contributed by atoms with Gasteiger partial charge in [0.25, 0.3) is 0 Å². The van der Waals surface area contributed by atoms with Crippen LogP contribution in [0.5, 0.6) is 0 Å². The van der Waals surface area contributed by atoms with E-state index in [-0.39, 0.29) is 10.7 Å². The molecule has 1 unspecified atom stereocenters. The van der Waals surface area contributed by atoms with Crippen molar-refractivity contribution < 1.29 is 18.3 Å². The van der Waals surface area contributed by atoms with Gasteiger partial charge in [0.05, 0.1) is 0 Å². The Hall–Kier alpha value is -0.810. The van der Waals surface area contributed by atoms with Crippen molar-refractivity contribution >= 4 is 11.6 Å². The van der Waals surface area contributed by atoms with Crippen molar-refractivity contribution in [2.45, 2.75) is 25.6 Å². The number of aliphatic hydroxyl groups is 1. The van der Waals surface area contributed by atoms with E-state index >= 15 is 0 Å². The van der Waals surface area contributed by atoms with Gasteiger partial charge in [-0.05, 0) is 18.6 Å². The number of pyridine rings is 1. The first-order chi connectivity index (χ1) is 6.80. The second-order valence-electron chi connectivity index (χ2n) is 3.16. The van der Waals surface area contributed by atoms with Crippen LogP contribution in [-0.2, 0) is 6.42 Å². The lowest BCUT2D eigenvalue weighted by Gasteiger charge is -2.14. The zero-order valence-electron chi connectivity index (χ0n) is 7.85. The van der Waals surface area contributed by atoms with Gasteiger partial charge in [-0.3, -0.25) is 0 Å². The minimum Gasteiger partial charge on any atom is -0.383 e. The number of aliphatic hydroxyl groups excluding tert-OH is 1. The molecule has 0 radical (unpaired) electrons. The Balaban J connectivity index is 2.82. The summed E-state index contributed by atoms with van der Waals surface area (Å²) in [6.07, 6.45) is -7.61. The number of alkyl halides is 3. The average Bonchev–Trinajstić information content (AvgIpc) is 2.08. The molecule has 0 bridgehead atoms. The molecule has 0 fully saturated rings. The van der Waals surface area contributed by atoms with Crippen molar-refractivity contribution in [3.8, 4) is 0 Å². The minimum absolute atomic E-state index is 0.00157. The van der Waals surface area contributed by atoms with Gasteiger partial charge in [-0.1, -0.05) is 17.7 Å². The van der Waals surface area contributed by atoms with E-state index in [1.807, 2.05) is 0 Å². The van der Waals surface area contributed by atoms with E-state index in [1.165, 1.54) is 6.07 Å². The molecular weight excluding hydrogens is 231 g/mol. The van der Waals surface area contributed by atoms with Gasteiger partial charge in [-0.2, -0.15) is 13.2 Å². The van der Waals surface area contributed by atoms with Gasteiger partial charge in [-0.25, -0.2) is 4.98 Å². The smallest absolute Gasteiger partial charge is 0.383 e. The Labute approximate surface area is 89.7 Å². The number of nitrogens with zero attached hydrogens (tertiary/aromatic N) is 1.